The zero-order chi connectivity index (χ0) is 12.8. The van der Waals surface area contributed by atoms with E-state index in [1.165, 1.54) is 0 Å². The van der Waals surface area contributed by atoms with Gasteiger partial charge in [-0.1, -0.05) is 6.92 Å². The van der Waals surface area contributed by atoms with Crippen LogP contribution in [-0.4, -0.2) is 29.9 Å². The number of carbonyl (C=O) groups excluding carboxylic acids is 2. The lowest BCUT2D eigenvalue weighted by Gasteiger charge is -2.28. The highest BCUT2D eigenvalue weighted by atomic mass is 16.2. The Hall–Kier alpha value is -1.10. The Morgan fingerprint density at radius 3 is 2.38 bits per heavy atom. The molecule has 16 heavy (non-hydrogen) atoms. The fourth-order valence-corrected chi connectivity index (χ4v) is 1.54. The average molecular weight is 229 g/mol. The minimum Gasteiger partial charge on any atom is -0.370 e. The van der Waals surface area contributed by atoms with Crippen LogP contribution in [0.15, 0.2) is 0 Å². The summed E-state index contributed by atoms with van der Waals surface area (Å²) >= 11 is 0. The van der Waals surface area contributed by atoms with Gasteiger partial charge in [0.15, 0.2) is 0 Å². The van der Waals surface area contributed by atoms with E-state index in [9.17, 15) is 9.59 Å². The van der Waals surface area contributed by atoms with E-state index in [0.29, 0.717) is 6.54 Å². The fraction of sp³-hybridized carbons (Fsp3) is 0.818. The summed E-state index contributed by atoms with van der Waals surface area (Å²) in [6.07, 6.45) is 1.11. The summed E-state index contributed by atoms with van der Waals surface area (Å²) in [5, 5.41) is 5.87. The predicted octanol–water partition coefficient (Wildman–Crippen LogP) is 0.145. The molecular weight excluding hydrogens is 206 g/mol. The van der Waals surface area contributed by atoms with Gasteiger partial charge in [0, 0.05) is 18.5 Å². The van der Waals surface area contributed by atoms with Crippen LogP contribution in [0.4, 0.5) is 0 Å². The van der Waals surface area contributed by atoms with Crippen molar-refractivity contribution in [3.63, 3.8) is 0 Å². The third-order valence-electron chi connectivity index (χ3n) is 2.17. The van der Waals surface area contributed by atoms with Crippen LogP contribution in [0.5, 0.6) is 0 Å². The summed E-state index contributed by atoms with van der Waals surface area (Å²) in [7, 11) is 0. The number of hydrogen-bond donors (Lipinski definition) is 3. The van der Waals surface area contributed by atoms with Gasteiger partial charge in [0.2, 0.25) is 11.8 Å². The van der Waals surface area contributed by atoms with Crippen molar-refractivity contribution in [1.82, 2.24) is 10.6 Å². The molecule has 0 heterocycles. The van der Waals surface area contributed by atoms with Gasteiger partial charge in [-0.2, -0.15) is 0 Å². The Balaban J connectivity index is 4.15. The van der Waals surface area contributed by atoms with Crippen molar-refractivity contribution in [3.05, 3.63) is 0 Å². The summed E-state index contributed by atoms with van der Waals surface area (Å²) in [6, 6.07) is -0.333. The molecule has 0 radical (unpaired) electrons. The van der Waals surface area contributed by atoms with E-state index in [-0.39, 0.29) is 24.3 Å². The minimum atomic E-state index is -0.463. The van der Waals surface area contributed by atoms with Crippen molar-refractivity contribution in [1.29, 1.82) is 0 Å². The second kappa shape index (κ2) is 6.48. The van der Waals surface area contributed by atoms with E-state index in [2.05, 4.69) is 10.6 Å². The highest BCUT2D eigenvalue weighted by molar-refractivity contribution is 5.81. The Kier molecular flexibility index (Phi) is 6.03. The SMILES string of the molecule is CCCNC(=O)C(C)NC(C)(C)CC(N)=O. The molecule has 0 aromatic carbocycles. The predicted molar refractivity (Wildman–Crippen MR) is 63.8 cm³/mol. The second-order valence-electron chi connectivity index (χ2n) is 4.68. The summed E-state index contributed by atoms with van der Waals surface area (Å²) in [6.45, 7) is 8.13. The van der Waals surface area contributed by atoms with Gasteiger partial charge < -0.3 is 16.4 Å². The Bertz CT molecular complexity index is 252. The van der Waals surface area contributed by atoms with Crippen molar-refractivity contribution < 1.29 is 9.59 Å². The van der Waals surface area contributed by atoms with Crippen LogP contribution in [0.3, 0.4) is 0 Å². The first-order chi connectivity index (χ1) is 7.28. The van der Waals surface area contributed by atoms with Crippen LogP contribution < -0.4 is 16.4 Å². The molecule has 0 saturated heterocycles. The van der Waals surface area contributed by atoms with Gasteiger partial charge in [-0.15, -0.1) is 0 Å². The third kappa shape index (κ3) is 6.40. The van der Waals surface area contributed by atoms with Crippen molar-refractivity contribution >= 4 is 11.8 Å². The van der Waals surface area contributed by atoms with E-state index < -0.39 is 5.54 Å². The van der Waals surface area contributed by atoms with Crippen molar-refractivity contribution in [2.24, 2.45) is 5.73 Å². The van der Waals surface area contributed by atoms with Crippen LogP contribution in [0, 0.1) is 0 Å². The lowest BCUT2D eigenvalue weighted by Crippen LogP contribution is -2.52. The zero-order valence-electron chi connectivity index (χ0n) is 10.6. The molecular formula is C11H23N3O2. The van der Waals surface area contributed by atoms with Gasteiger partial charge in [-0.3, -0.25) is 9.59 Å². The van der Waals surface area contributed by atoms with Crippen molar-refractivity contribution in [2.45, 2.75) is 52.1 Å². The number of hydrogen-bond acceptors (Lipinski definition) is 3. The fourth-order valence-electron chi connectivity index (χ4n) is 1.54. The van der Waals surface area contributed by atoms with Gasteiger partial charge >= 0.3 is 0 Å². The number of carbonyl (C=O) groups is 2. The Labute approximate surface area is 97.2 Å². The standard InChI is InChI=1S/C11H23N3O2/c1-5-6-13-10(16)8(2)14-11(3,4)7-9(12)15/h8,14H,5-7H2,1-4H3,(H2,12,15)(H,13,16). The van der Waals surface area contributed by atoms with Crippen molar-refractivity contribution in [3.8, 4) is 0 Å². The lowest BCUT2D eigenvalue weighted by atomic mass is 9.99. The quantitative estimate of drug-likeness (QED) is 0.581. The largest absolute Gasteiger partial charge is 0.370 e. The molecule has 1 unspecified atom stereocenters. The Morgan fingerprint density at radius 2 is 1.94 bits per heavy atom. The smallest absolute Gasteiger partial charge is 0.236 e. The summed E-state index contributed by atoms with van der Waals surface area (Å²) in [5.74, 6) is -0.432. The molecule has 0 aromatic heterocycles. The molecule has 0 aliphatic heterocycles. The molecule has 0 fully saturated rings. The highest BCUT2D eigenvalue weighted by Gasteiger charge is 2.25. The monoisotopic (exact) mass is 229 g/mol. The van der Waals surface area contributed by atoms with Gasteiger partial charge in [-0.25, -0.2) is 0 Å². The maximum absolute atomic E-state index is 11.6. The van der Waals surface area contributed by atoms with Gasteiger partial charge in [0.1, 0.15) is 0 Å². The summed E-state index contributed by atoms with van der Waals surface area (Å²) in [5.41, 5.74) is 4.67. The van der Waals surface area contributed by atoms with Crippen LogP contribution in [0.25, 0.3) is 0 Å². The number of amides is 2. The molecule has 94 valence electrons. The molecule has 4 N–H and O–H groups in total. The number of nitrogens with two attached hydrogens (primary N) is 1. The lowest BCUT2D eigenvalue weighted by molar-refractivity contribution is -0.124. The summed E-state index contributed by atoms with van der Waals surface area (Å²) in [4.78, 5) is 22.4. The third-order valence-corrected chi connectivity index (χ3v) is 2.17. The molecule has 0 bridgehead atoms. The molecule has 0 saturated carbocycles. The van der Waals surface area contributed by atoms with Crippen molar-refractivity contribution in [2.75, 3.05) is 6.54 Å². The maximum Gasteiger partial charge on any atom is 0.236 e. The Morgan fingerprint density at radius 1 is 1.38 bits per heavy atom. The van der Waals surface area contributed by atoms with E-state index in [4.69, 9.17) is 5.73 Å². The molecule has 5 heteroatoms. The first-order valence-electron chi connectivity index (χ1n) is 5.62. The molecule has 0 rings (SSSR count). The first-order valence-corrected chi connectivity index (χ1v) is 5.62. The topological polar surface area (TPSA) is 84.2 Å². The molecule has 0 aliphatic carbocycles. The van der Waals surface area contributed by atoms with Crippen LogP contribution in [-0.2, 0) is 9.59 Å². The molecule has 0 aromatic rings. The summed E-state index contributed by atoms with van der Waals surface area (Å²) < 4.78 is 0. The van der Waals surface area contributed by atoms with Gasteiger partial charge in [-0.05, 0) is 27.2 Å². The normalized spacial score (nSPS) is 13.2. The zero-order valence-corrected chi connectivity index (χ0v) is 10.6. The molecule has 1 atom stereocenters. The number of nitrogens with one attached hydrogen (secondary N) is 2. The number of primary amides is 1. The van der Waals surface area contributed by atoms with E-state index in [0.717, 1.165) is 6.42 Å². The van der Waals surface area contributed by atoms with E-state index in [1.54, 1.807) is 6.92 Å². The average Bonchev–Trinajstić information content (AvgIpc) is 2.10. The maximum atomic E-state index is 11.6. The molecule has 5 nitrogen and oxygen atoms in total. The number of rotatable bonds is 7. The van der Waals surface area contributed by atoms with Crippen LogP contribution >= 0.6 is 0 Å². The second-order valence-corrected chi connectivity index (χ2v) is 4.68. The van der Waals surface area contributed by atoms with Crippen LogP contribution in [0.1, 0.15) is 40.5 Å². The van der Waals surface area contributed by atoms with Crippen LogP contribution in [0.2, 0.25) is 0 Å². The van der Waals surface area contributed by atoms with E-state index >= 15 is 0 Å². The van der Waals surface area contributed by atoms with E-state index in [1.807, 2.05) is 20.8 Å². The van der Waals surface area contributed by atoms with Gasteiger partial charge in [0.05, 0.1) is 6.04 Å². The first kappa shape index (κ1) is 14.9. The molecule has 0 spiro atoms. The molecule has 2 amide bonds. The van der Waals surface area contributed by atoms with Gasteiger partial charge in [0.25, 0.3) is 0 Å². The molecule has 0 aliphatic rings. The highest BCUT2D eigenvalue weighted by Crippen LogP contribution is 2.08. The minimum absolute atomic E-state index is 0.0561.